The van der Waals surface area contributed by atoms with Crippen molar-refractivity contribution in [2.24, 2.45) is 0 Å². The van der Waals surface area contributed by atoms with Gasteiger partial charge in [-0.15, -0.1) is 0 Å². The fourth-order valence-electron chi connectivity index (χ4n) is 2.37. The van der Waals surface area contributed by atoms with Gasteiger partial charge in [-0.2, -0.15) is 0 Å². The first kappa shape index (κ1) is 19.7. The van der Waals surface area contributed by atoms with Gasteiger partial charge in [-0.3, -0.25) is 4.79 Å². The van der Waals surface area contributed by atoms with Crippen molar-refractivity contribution in [1.29, 1.82) is 0 Å². The number of halogens is 1. The molecule has 2 aromatic rings. The Morgan fingerprint density at radius 2 is 2.15 bits per heavy atom. The zero-order valence-electron chi connectivity index (χ0n) is 15.3. The van der Waals surface area contributed by atoms with Crippen molar-refractivity contribution in [1.82, 2.24) is 4.98 Å². The molecule has 3 N–H and O–H groups in total. The largest absolute Gasteiger partial charge is 0.490 e. The summed E-state index contributed by atoms with van der Waals surface area (Å²) in [6.45, 7) is 4.54. The molecule has 1 aromatic carbocycles. The number of aromatic nitrogens is 1. The van der Waals surface area contributed by atoms with Crippen LogP contribution in [0.5, 0.6) is 5.75 Å². The molecule has 1 amide bonds. The number of pyridine rings is 1. The molecule has 0 saturated heterocycles. The minimum absolute atomic E-state index is 0.0296. The van der Waals surface area contributed by atoms with Crippen LogP contribution in [-0.2, 0) is 11.3 Å². The third kappa shape index (κ3) is 4.70. The van der Waals surface area contributed by atoms with E-state index in [4.69, 9.17) is 15.2 Å². The van der Waals surface area contributed by atoms with Gasteiger partial charge in [0.1, 0.15) is 5.82 Å². The van der Waals surface area contributed by atoms with Crippen LogP contribution in [0.4, 0.5) is 15.9 Å². The van der Waals surface area contributed by atoms with E-state index < -0.39 is 11.7 Å². The molecular weight excluding hydrogens is 337 g/mol. The molecule has 0 radical (unpaired) electrons. The van der Waals surface area contributed by atoms with E-state index in [-0.39, 0.29) is 22.8 Å². The number of unbranched alkanes of at least 4 members (excludes halogenated alkanes) is 1. The molecular formula is C19H24FN3O3. The van der Waals surface area contributed by atoms with Crippen molar-refractivity contribution in [3.8, 4) is 5.75 Å². The molecule has 0 aliphatic rings. The highest BCUT2D eigenvalue weighted by molar-refractivity contribution is 6.07. The summed E-state index contributed by atoms with van der Waals surface area (Å²) < 4.78 is 25.0. The van der Waals surface area contributed by atoms with Crippen molar-refractivity contribution in [3.05, 3.63) is 46.9 Å². The summed E-state index contributed by atoms with van der Waals surface area (Å²) in [4.78, 5) is 16.7. The number of hydrogen-bond acceptors (Lipinski definition) is 5. The number of nitrogens with zero attached hydrogens (tertiary/aromatic N) is 1. The second kappa shape index (κ2) is 9.15. The Morgan fingerprint density at radius 3 is 2.85 bits per heavy atom. The van der Waals surface area contributed by atoms with Crippen LogP contribution in [0.3, 0.4) is 0 Å². The Bertz CT molecular complexity index is 781. The van der Waals surface area contributed by atoms with E-state index >= 15 is 0 Å². The van der Waals surface area contributed by atoms with Gasteiger partial charge < -0.3 is 20.5 Å². The molecule has 1 heterocycles. The Kier molecular flexibility index (Phi) is 6.91. The second-order valence-electron chi connectivity index (χ2n) is 5.89. The minimum Gasteiger partial charge on any atom is -0.490 e. The topological polar surface area (TPSA) is 86.5 Å². The number of hydrogen-bond donors (Lipinski definition) is 2. The fraction of sp³-hybridized carbons (Fsp3) is 0.368. The molecule has 0 bridgehead atoms. The number of carbonyl (C=O) groups is 1. The zero-order chi connectivity index (χ0) is 19.1. The van der Waals surface area contributed by atoms with E-state index in [0.29, 0.717) is 18.9 Å². The number of nitrogens with two attached hydrogens (primary N) is 1. The molecule has 0 saturated carbocycles. The number of nitrogen functional groups attached to an aromatic ring is 1. The normalized spacial score (nSPS) is 10.6. The Morgan fingerprint density at radius 1 is 1.38 bits per heavy atom. The van der Waals surface area contributed by atoms with Gasteiger partial charge in [0, 0.05) is 7.11 Å². The average Bonchev–Trinajstić information content (AvgIpc) is 2.61. The highest BCUT2D eigenvalue weighted by Crippen LogP contribution is 2.26. The zero-order valence-corrected chi connectivity index (χ0v) is 15.3. The molecule has 26 heavy (non-hydrogen) atoms. The molecule has 0 spiro atoms. The highest BCUT2D eigenvalue weighted by atomic mass is 19.1. The molecule has 0 unspecified atom stereocenters. The number of methoxy groups -OCH3 is 1. The first-order chi connectivity index (χ1) is 12.5. The summed E-state index contributed by atoms with van der Waals surface area (Å²) in [7, 11) is 1.55. The smallest absolute Gasteiger partial charge is 0.259 e. The molecule has 7 heteroatoms. The van der Waals surface area contributed by atoms with Crippen molar-refractivity contribution in [3.63, 3.8) is 0 Å². The van der Waals surface area contributed by atoms with Crippen LogP contribution < -0.4 is 15.8 Å². The molecule has 6 nitrogen and oxygen atoms in total. The summed E-state index contributed by atoms with van der Waals surface area (Å²) in [5.41, 5.74) is 7.51. The van der Waals surface area contributed by atoms with E-state index in [1.54, 1.807) is 26.2 Å². The van der Waals surface area contributed by atoms with Crippen LogP contribution in [0.1, 0.15) is 41.4 Å². The van der Waals surface area contributed by atoms with Crippen LogP contribution in [0.25, 0.3) is 0 Å². The van der Waals surface area contributed by atoms with Crippen molar-refractivity contribution >= 4 is 17.4 Å². The van der Waals surface area contributed by atoms with Crippen LogP contribution in [-0.4, -0.2) is 24.6 Å². The van der Waals surface area contributed by atoms with Gasteiger partial charge in [0.25, 0.3) is 5.91 Å². The summed E-state index contributed by atoms with van der Waals surface area (Å²) in [5, 5.41) is 2.53. The molecule has 0 aliphatic carbocycles. The third-order valence-corrected chi connectivity index (χ3v) is 3.84. The van der Waals surface area contributed by atoms with Crippen molar-refractivity contribution in [2.45, 2.75) is 33.3 Å². The first-order valence-electron chi connectivity index (χ1n) is 8.45. The van der Waals surface area contributed by atoms with Crippen LogP contribution in [0.2, 0.25) is 0 Å². The number of nitrogens with one attached hydrogen (secondary N) is 1. The monoisotopic (exact) mass is 361 g/mol. The lowest BCUT2D eigenvalue weighted by atomic mass is 10.1. The standard InChI is InChI=1S/C19H24FN3O3/c1-4-5-9-26-16-8-6-7-14(17(16)20)23-19(24)13-10-12(2)15(11-25-3)22-18(13)21/h6-8,10H,4-5,9,11H2,1-3H3,(H2,21,22)(H,23,24). The molecule has 0 fully saturated rings. The first-order valence-corrected chi connectivity index (χ1v) is 8.45. The summed E-state index contributed by atoms with van der Waals surface area (Å²) >= 11 is 0. The number of aryl methyl sites for hydroxylation is 1. The van der Waals surface area contributed by atoms with Crippen LogP contribution in [0, 0.1) is 12.7 Å². The van der Waals surface area contributed by atoms with Crippen LogP contribution >= 0.6 is 0 Å². The van der Waals surface area contributed by atoms with E-state index in [9.17, 15) is 9.18 Å². The van der Waals surface area contributed by atoms with Gasteiger partial charge in [-0.1, -0.05) is 19.4 Å². The number of ether oxygens (including phenoxy) is 2. The van der Waals surface area contributed by atoms with E-state index in [1.807, 2.05) is 6.92 Å². The predicted octanol–water partition coefficient (Wildman–Crippen LogP) is 3.69. The predicted molar refractivity (Wildman–Crippen MR) is 98.9 cm³/mol. The maximum atomic E-state index is 14.5. The van der Waals surface area contributed by atoms with Gasteiger partial charge in [0.15, 0.2) is 11.6 Å². The maximum Gasteiger partial charge on any atom is 0.259 e. The van der Waals surface area contributed by atoms with Crippen molar-refractivity contribution in [2.75, 3.05) is 24.8 Å². The van der Waals surface area contributed by atoms with E-state index in [2.05, 4.69) is 10.3 Å². The lowest BCUT2D eigenvalue weighted by molar-refractivity contribution is 0.102. The van der Waals surface area contributed by atoms with Gasteiger partial charge in [-0.05, 0) is 37.1 Å². The quantitative estimate of drug-likeness (QED) is 0.700. The van der Waals surface area contributed by atoms with E-state index in [1.165, 1.54) is 12.1 Å². The second-order valence-corrected chi connectivity index (χ2v) is 5.89. The third-order valence-electron chi connectivity index (χ3n) is 3.84. The molecule has 1 aromatic heterocycles. The lowest BCUT2D eigenvalue weighted by Crippen LogP contribution is -2.17. The molecule has 2 rings (SSSR count). The summed E-state index contributed by atoms with van der Waals surface area (Å²) in [6.07, 6.45) is 1.77. The van der Waals surface area contributed by atoms with Crippen molar-refractivity contribution < 1.29 is 18.7 Å². The summed E-state index contributed by atoms with van der Waals surface area (Å²) in [5.74, 6) is -0.979. The van der Waals surface area contributed by atoms with Gasteiger partial charge in [0.05, 0.1) is 30.2 Å². The number of anilines is 2. The minimum atomic E-state index is -0.615. The number of benzene rings is 1. The number of amides is 1. The molecule has 0 aliphatic heterocycles. The maximum absolute atomic E-state index is 14.5. The van der Waals surface area contributed by atoms with Gasteiger partial charge >= 0.3 is 0 Å². The molecule has 0 atom stereocenters. The SMILES string of the molecule is CCCCOc1cccc(NC(=O)c2cc(C)c(COC)nc2N)c1F. The Labute approximate surface area is 152 Å². The van der Waals surface area contributed by atoms with Crippen LogP contribution in [0.15, 0.2) is 24.3 Å². The highest BCUT2D eigenvalue weighted by Gasteiger charge is 2.17. The number of rotatable bonds is 8. The van der Waals surface area contributed by atoms with E-state index in [0.717, 1.165) is 18.4 Å². The number of carbonyl (C=O) groups excluding carboxylic acids is 1. The Hall–Kier alpha value is -2.67. The van der Waals surface area contributed by atoms with Gasteiger partial charge in [-0.25, -0.2) is 9.37 Å². The Balaban J connectivity index is 2.20. The molecule has 140 valence electrons. The summed E-state index contributed by atoms with van der Waals surface area (Å²) in [6, 6.07) is 6.23. The average molecular weight is 361 g/mol. The lowest BCUT2D eigenvalue weighted by Gasteiger charge is -2.13. The van der Waals surface area contributed by atoms with Gasteiger partial charge in [0.2, 0.25) is 0 Å². The fourth-order valence-corrected chi connectivity index (χ4v) is 2.37.